The summed E-state index contributed by atoms with van der Waals surface area (Å²) in [6.45, 7) is 8.38. The van der Waals surface area contributed by atoms with Crippen LogP contribution in [0.1, 0.15) is 43.5 Å². The van der Waals surface area contributed by atoms with Crippen LogP contribution in [0, 0.1) is 12.8 Å². The third-order valence-electron chi connectivity index (χ3n) is 3.71. The molecule has 2 unspecified atom stereocenters. The number of piperazine rings is 1. The van der Waals surface area contributed by atoms with E-state index in [4.69, 9.17) is 0 Å². The van der Waals surface area contributed by atoms with Gasteiger partial charge >= 0.3 is 0 Å². The van der Waals surface area contributed by atoms with Gasteiger partial charge in [0.05, 0.1) is 11.6 Å². The summed E-state index contributed by atoms with van der Waals surface area (Å²) in [5.41, 5.74) is 0. The maximum Gasteiger partial charge on any atom is 0.246 e. The molecule has 2 rings (SSSR count). The number of nitrogens with zero attached hydrogens (tertiary/aromatic N) is 2. The first-order valence-corrected chi connectivity index (χ1v) is 8.27. The van der Waals surface area contributed by atoms with Crippen LogP contribution in [0.25, 0.3) is 0 Å². The van der Waals surface area contributed by atoms with Crippen molar-refractivity contribution < 1.29 is 9.59 Å². The minimum absolute atomic E-state index is 0.0289. The molecular weight excluding hydrogens is 286 g/mol. The van der Waals surface area contributed by atoms with Crippen LogP contribution in [0.3, 0.4) is 0 Å². The van der Waals surface area contributed by atoms with Crippen molar-refractivity contribution in [3.63, 3.8) is 0 Å². The summed E-state index contributed by atoms with van der Waals surface area (Å²) in [6.07, 6.45) is 3.36. The van der Waals surface area contributed by atoms with E-state index >= 15 is 0 Å². The Balaban J connectivity index is 2.25. The maximum atomic E-state index is 12.7. The van der Waals surface area contributed by atoms with Crippen LogP contribution in [-0.2, 0) is 16.1 Å². The molecule has 2 amide bonds. The number of nitrogens with one attached hydrogen (secondary N) is 1. The van der Waals surface area contributed by atoms with E-state index in [1.807, 2.05) is 27.7 Å². The fraction of sp³-hybridized carbons (Fsp3) is 0.667. The average molecular weight is 309 g/mol. The number of rotatable bonds is 5. The molecule has 116 valence electrons. The van der Waals surface area contributed by atoms with Crippen LogP contribution in [-0.4, -0.2) is 33.8 Å². The molecule has 0 radical (unpaired) electrons. The largest absolute Gasteiger partial charge is 0.342 e. The second kappa shape index (κ2) is 6.56. The first-order chi connectivity index (χ1) is 9.93. The number of thiazole rings is 1. The quantitative estimate of drug-likeness (QED) is 0.906. The smallest absolute Gasteiger partial charge is 0.246 e. The highest BCUT2D eigenvalue weighted by molar-refractivity contribution is 7.11. The van der Waals surface area contributed by atoms with Crippen LogP contribution < -0.4 is 5.32 Å². The number of aromatic nitrogens is 1. The van der Waals surface area contributed by atoms with E-state index in [0.29, 0.717) is 13.0 Å². The molecule has 1 aliphatic heterocycles. The second-order valence-electron chi connectivity index (χ2n) is 5.85. The van der Waals surface area contributed by atoms with Crippen LogP contribution in [0.2, 0.25) is 0 Å². The van der Waals surface area contributed by atoms with Gasteiger partial charge in [-0.2, -0.15) is 0 Å². The van der Waals surface area contributed by atoms with E-state index in [9.17, 15) is 9.59 Å². The molecule has 0 aromatic carbocycles. The van der Waals surface area contributed by atoms with E-state index in [-0.39, 0.29) is 23.8 Å². The topological polar surface area (TPSA) is 62.3 Å². The molecule has 2 atom stereocenters. The summed E-state index contributed by atoms with van der Waals surface area (Å²) in [6, 6.07) is -0.778. The van der Waals surface area contributed by atoms with Gasteiger partial charge in [-0.05, 0) is 19.3 Å². The fourth-order valence-corrected chi connectivity index (χ4v) is 3.56. The Hall–Kier alpha value is -1.43. The van der Waals surface area contributed by atoms with Gasteiger partial charge < -0.3 is 10.2 Å². The lowest BCUT2D eigenvalue weighted by Crippen LogP contribution is -2.64. The SMILES string of the molecule is CCCC1NC(=O)C(C(C)C)N(Cc2cnc(C)s2)C1=O. The highest BCUT2D eigenvalue weighted by Gasteiger charge is 2.41. The summed E-state index contributed by atoms with van der Waals surface area (Å²) in [4.78, 5) is 32.0. The molecule has 0 aliphatic carbocycles. The van der Waals surface area contributed by atoms with E-state index in [1.165, 1.54) is 0 Å². The minimum Gasteiger partial charge on any atom is -0.342 e. The molecule has 1 saturated heterocycles. The highest BCUT2D eigenvalue weighted by atomic mass is 32.1. The zero-order chi connectivity index (χ0) is 15.6. The van der Waals surface area contributed by atoms with E-state index < -0.39 is 6.04 Å². The van der Waals surface area contributed by atoms with E-state index in [1.54, 1.807) is 22.4 Å². The first kappa shape index (κ1) is 15.9. The normalized spacial score (nSPS) is 22.8. The zero-order valence-corrected chi connectivity index (χ0v) is 13.9. The van der Waals surface area contributed by atoms with Crippen molar-refractivity contribution in [2.75, 3.05) is 0 Å². The maximum absolute atomic E-state index is 12.7. The fourth-order valence-electron chi connectivity index (χ4n) is 2.77. The van der Waals surface area contributed by atoms with Crippen LogP contribution in [0.5, 0.6) is 0 Å². The summed E-state index contributed by atoms with van der Waals surface area (Å²) in [7, 11) is 0. The lowest BCUT2D eigenvalue weighted by atomic mass is 9.95. The Morgan fingerprint density at radius 2 is 2.14 bits per heavy atom. The molecule has 6 heteroatoms. The monoisotopic (exact) mass is 309 g/mol. The van der Waals surface area contributed by atoms with Gasteiger partial charge in [-0.15, -0.1) is 11.3 Å². The number of amides is 2. The third-order valence-corrected chi connectivity index (χ3v) is 4.60. The number of carbonyl (C=O) groups is 2. The summed E-state index contributed by atoms with van der Waals surface area (Å²) >= 11 is 1.58. The van der Waals surface area contributed by atoms with Crippen molar-refractivity contribution in [2.45, 2.75) is 59.2 Å². The molecule has 21 heavy (non-hydrogen) atoms. The molecule has 1 aromatic heterocycles. The number of carbonyl (C=O) groups excluding carboxylic acids is 2. The summed E-state index contributed by atoms with van der Waals surface area (Å²) in [5, 5.41) is 3.85. The van der Waals surface area contributed by atoms with Crippen LogP contribution in [0.4, 0.5) is 0 Å². The minimum atomic E-state index is -0.395. The number of hydrogen-bond donors (Lipinski definition) is 1. The van der Waals surface area contributed by atoms with Crippen molar-refractivity contribution >= 4 is 23.2 Å². The molecule has 1 aliphatic rings. The molecule has 0 spiro atoms. The molecule has 0 saturated carbocycles. The Labute approximate surface area is 129 Å². The van der Waals surface area contributed by atoms with Gasteiger partial charge in [0, 0.05) is 11.1 Å². The van der Waals surface area contributed by atoms with Gasteiger partial charge in [0.15, 0.2) is 0 Å². The van der Waals surface area contributed by atoms with Gasteiger partial charge in [-0.3, -0.25) is 9.59 Å². The number of aryl methyl sites for hydroxylation is 1. The Kier molecular flexibility index (Phi) is 4.98. The van der Waals surface area contributed by atoms with E-state index in [0.717, 1.165) is 16.3 Å². The Morgan fingerprint density at radius 3 is 2.67 bits per heavy atom. The van der Waals surface area contributed by atoms with Crippen LogP contribution >= 0.6 is 11.3 Å². The highest BCUT2D eigenvalue weighted by Crippen LogP contribution is 2.23. The summed E-state index contributed by atoms with van der Waals surface area (Å²) in [5.74, 6) is 0.0797. The molecule has 0 bridgehead atoms. The molecule has 5 nitrogen and oxygen atoms in total. The standard InChI is InChI=1S/C15H23N3O2S/c1-5-6-12-15(20)18(8-11-7-16-10(4)21-11)13(9(2)3)14(19)17-12/h7,9,12-13H,5-6,8H2,1-4H3,(H,17,19). The Morgan fingerprint density at radius 1 is 1.43 bits per heavy atom. The predicted octanol–water partition coefficient (Wildman–Crippen LogP) is 2.10. The van der Waals surface area contributed by atoms with Crippen molar-refractivity contribution in [3.8, 4) is 0 Å². The number of hydrogen-bond acceptors (Lipinski definition) is 4. The molecule has 2 heterocycles. The van der Waals surface area contributed by atoms with Gasteiger partial charge in [0.1, 0.15) is 12.1 Å². The average Bonchev–Trinajstić information content (AvgIpc) is 2.80. The second-order valence-corrected chi connectivity index (χ2v) is 7.17. The third kappa shape index (κ3) is 3.43. The van der Waals surface area contributed by atoms with Gasteiger partial charge in [-0.25, -0.2) is 4.98 Å². The first-order valence-electron chi connectivity index (χ1n) is 7.46. The van der Waals surface area contributed by atoms with Crippen molar-refractivity contribution in [1.29, 1.82) is 0 Å². The molecular formula is C15H23N3O2S. The Bertz CT molecular complexity index is 527. The molecule has 1 N–H and O–H groups in total. The van der Waals surface area contributed by atoms with Crippen molar-refractivity contribution in [2.24, 2.45) is 5.92 Å². The lowest BCUT2D eigenvalue weighted by molar-refractivity contribution is -0.152. The van der Waals surface area contributed by atoms with Crippen molar-refractivity contribution in [3.05, 3.63) is 16.1 Å². The molecule has 1 aromatic rings. The summed E-state index contributed by atoms with van der Waals surface area (Å²) < 4.78 is 0. The van der Waals surface area contributed by atoms with E-state index in [2.05, 4.69) is 10.3 Å². The lowest BCUT2D eigenvalue weighted by Gasteiger charge is -2.40. The van der Waals surface area contributed by atoms with Gasteiger partial charge in [0.2, 0.25) is 11.8 Å². The van der Waals surface area contributed by atoms with Crippen LogP contribution in [0.15, 0.2) is 6.20 Å². The zero-order valence-electron chi connectivity index (χ0n) is 13.0. The van der Waals surface area contributed by atoms with Crippen molar-refractivity contribution in [1.82, 2.24) is 15.2 Å². The van der Waals surface area contributed by atoms with Gasteiger partial charge in [-0.1, -0.05) is 27.2 Å². The predicted molar refractivity (Wildman–Crippen MR) is 82.9 cm³/mol. The molecule has 1 fully saturated rings. The van der Waals surface area contributed by atoms with Gasteiger partial charge in [0.25, 0.3) is 0 Å².